The summed E-state index contributed by atoms with van der Waals surface area (Å²) in [7, 11) is 0. The third-order valence-electron chi connectivity index (χ3n) is 7.82. The van der Waals surface area contributed by atoms with E-state index in [0.29, 0.717) is 6.42 Å². The lowest BCUT2D eigenvalue weighted by Gasteiger charge is -2.48. The fourth-order valence-corrected chi connectivity index (χ4v) is 5.69. The fourth-order valence-electron chi connectivity index (χ4n) is 5.69. The van der Waals surface area contributed by atoms with Crippen LogP contribution in [0.3, 0.4) is 0 Å². The summed E-state index contributed by atoms with van der Waals surface area (Å²) in [6, 6.07) is 27.9. The summed E-state index contributed by atoms with van der Waals surface area (Å²) >= 11 is 0. The number of rotatable bonds is 9. The second kappa shape index (κ2) is 25.9. The SMILES string of the molecule is CC.CC.CC.CC.CC.O=C1[C@H](CCCc2ccccc2)[C@@H](c2ccc(C[C@@H]3O[C@H](CO)[C@@H](O)[C@H](O)[C@H]3O)cc2)N1c1ccccc1. The summed E-state index contributed by atoms with van der Waals surface area (Å²) in [5, 5.41) is 40.0. The summed E-state index contributed by atoms with van der Waals surface area (Å²) < 4.78 is 5.67. The molecule has 2 heterocycles. The van der Waals surface area contributed by atoms with Crippen LogP contribution in [0, 0.1) is 5.92 Å². The van der Waals surface area contributed by atoms with E-state index >= 15 is 0 Å². The van der Waals surface area contributed by atoms with Crippen molar-refractivity contribution in [3.05, 3.63) is 102 Å². The zero-order chi connectivity index (χ0) is 36.6. The van der Waals surface area contributed by atoms with Gasteiger partial charge in [0.25, 0.3) is 0 Å². The summed E-state index contributed by atoms with van der Waals surface area (Å²) in [6.45, 7) is 19.6. The average molecular weight is 668 g/mol. The van der Waals surface area contributed by atoms with Gasteiger partial charge in [0, 0.05) is 12.1 Å². The summed E-state index contributed by atoms with van der Waals surface area (Å²) in [5.74, 6) is 0.0369. The number of amides is 1. The Labute approximate surface area is 291 Å². The molecule has 0 radical (unpaired) electrons. The standard InChI is InChI=1S/C31H35NO6.5C2H6/c33-19-26-29(35)30(36)28(34)25(38-26)18-21-14-16-22(17-15-21)27-24(13-7-10-20-8-3-1-4-9-20)31(37)32(27)23-11-5-2-6-12-23;5*1-2/h1-6,8-9,11-12,14-17,24-30,33-36H,7,10,13,18-19H2;5*1-2H3/t24-,25+,26-,27-,28+,29-,30-;;;;;/m1...../s1. The van der Waals surface area contributed by atoms with Crippen LogP contribution in [0.4, 0.5) is 5.69 Å². The van der Waals surface area contributed by atoms with Gasteiger partial charge in [0.1, 0.15) is 24.4 Å². The Morgan fingerprint density at radius 1 is 0.625 bits per heavy atom. The highest BCUT2D eigenvalue weighted by atomic mass is 16.5. The molecule has 2 saturated heterocycles. The number of aliphatic hydroxyl groups excluding tert-OH is 4. The Hall–Kier alpha value is -3.07. The molecule has 1 amide bonds. The molecule has 2 aliphatic rings. The third kappa shape index (κ3) is 12.1. The van der Waals surface area contributed by atoms with Gasteiger partial charge in [-0.1, -0.05) is 142 Å². The molecule has 5 rings (SSSR count). The lowest BCUT2D eigenvalue weighted by atomic mass is 9.78. The fraction of sp³-hybridized carbons (Fsp3) is 0.537. The quantitative estimate of drug-likeness (QED) is 0.173. The first-order chi connectivity index (χ1) is 23.5. The highest BCUT2D eigenvalue weighted by Gasteiger charge is 2.48. The first kappa shape index (κ1) is 44.9. The minimum Gasteiger partial charge on any atom is -0.394 e. The largest absolute Gasteiger partial charge is 0.394 e. The molecule has 0 saturated carbocycles. The number of para-hydroxylation sites is 1. The molecular formula is C41H65NO6. The van der Waals surface area contributed by atoms with Crippen LogP contribution in [0.25, 0.3) is 0 Å². The first-order valence-corrected chi connectivity index (χ1v) is 18.3. The first-order valence-electron chi connectivity index (χ1n) is 18.3. The molecule has 3 aromatic carbocycles. The van der Waals surface area contributed by atoms with Crippen molar-refractivity contribution in [1.82, 2.24) is 0 Å². The smallest absolute Gasteiger partial charge is 0.233 e. The van der Waals surface area contributed by atoms with Gasteiger partial charge in [-0.25, -0.2) is 0 Å². The molecule has 48 heavy (non-hydrogen) atoms. The van der Waals surface area contributed by atoms with Gasteiger partial charge in [-0.05, 0) is 48.1 Å². The molecule has 0 aromatic heterocycles. The number of nitrogens with zero attached hydrogens (tertiary/aromatic N) is 1. The van der Waals surface area contributed by atoms with Crippen molar-refractivity contribution >= 4 is 11.6 Å². The maximum absolute atomic E-state index is 13.3. The number of anilines is 1. The molecule has 4 N–H and O–H groups in total. The number of hydrogen-bond donors (Lipinski definition) is 4. The van der Waals surface area contributed by atoms with Crippen molar-refractivity contribution < 1.29 is 30.0 Å². The lowest BCUT2D eigenvalue weighted by Crippen LogP contribution is -2.59. The predicted molar refractivity (Wildman–Crippen MR) is 200 cm³/mol. The highest BCUT2D eigenvalue weighted by Crippen LogP contribution is 2.45. The number of benzene rings is 3. The van der Waals surface area contributed by atoms with E-state index in [1.807, 2.05) is 147 Å². The maximum Gasteiger partial charge on any atom is 0.233 e. The second-order valence-electron chi connectivity index (χ2n) is 10.3. The maximum atomic E-state index is 13.3. The van der Waals surface area contributed by atoms with Gasteiger partial charge in [0.15, 0.2) is 0 Å². The molecule has 270 valence electrons. The van der Waals surface area contributed by atoms with Crippen LogP contribution >= 0.6 is 0 Å². The van der Waals surface area contributed by atoms with Crippen molar-refractivity contribution in [3.63, 3.8) is 0 Å². The van der Waals surface area contributed by atoms with Gasteiger partial charge in [-0.2, -0.15) is 0 Å². The minimum absolute atomic E-state index is 0.0676. The Kier molecular flexibility index (Phi) is 24.2. The Morgan fingerprint density at radius 3 is 1.65 bits per heavy atom. The van der Waals surface area contributed by atoms with E-state index in [1.165, 1.54) is 5.56 Å². The van der Waals surface area contributed by atoms with Crippen molar-refractivity contribution in [1.29, 1.82) is 0 Å². The topological polar surface area (TPSA) is 110 Å². The molecule has 7 heteroatoms. The van der Waals surface area contributed by atoms with Gasteiger partial charge in [-0.3, -0.25) is 4.79 Å². The Morgan fingerprint density at radius 2 is 1.12 bits per heavy atom. The van der Waals surface area contributed by atoms with Crippen molar-refractivity contribution in [2.75, 3.05) is 11.5 Å². The number of carbonyl (C=O) groups excluding carboxylic acids is 1. The third-order valence-corrected chi connectivity index (χ3v) is 7.82. The van der Waals surface area contributed by atoms with E-state index in [0.717, 1.165) is 36.1 Å². The van der Waals surface area contributed by atoms with Crippen LogP contribution in [0.1, 0.15) is 105 Å². The molecule has 0 bridgehead atoms. The second-order valence-corrected chi connectivity index (χ2v) is 10.3. The minimum atomic E-state index is -1.39. The predicted octanol–water partition coefficient (Wildman–Crippen LogP) is 7.93. The van der Waals surface area contributed by atoms with Crippen LogP contribution < -0.4 is 4.90 Å². The molecule has 2 aliphatic heterocycles. The van der Waals surface area contributed by atoms with E-state index in [9.17, 15) is 25.2 Å². The molecular weight excluding hydrogens is 602 g/mol. The number of hydrogen-bond acceptors (Lipinski definition) is 6. The molecule has 0 unspecified atom stereocenters. The number of aliphatic hydroxyl groups is 4. The van der Waals surface area contributed by atoms with Gasteiger partial charge >= 0.3 is 0 Å². The molecule has 3 aromatic rings. The van der Waals surface area contributed by atoms with Crippen LogP contribution in [0.5, 0.6) is 0 Å². The van der Waals surface area contributed by atoms with E-state index in [4.69, 9.17) is 4.74 Å². The lowest BCUT2D eigenvalue weighted by molar-refractivity contribution is -0.228. The van der Waals surface area contributed by atoms with Gasteiger partial charge in [-0.15, -0.1) is 0 Å². The van der Waals surface area contributed by atoms with Crippen molar-refractivity contribution in [3.8, 4) is 0 Å². The van der Waals surface area contributed by atoms with Crippen LogP contribution in [0.2, 0.25) is 0 Å². The number of carbonyl (C=O) groups is 1. The van der Waals surface area contributed by atoms with E-state index in [2.05, 4.69) is 12.1 Å². The number of aryl methyl sites for hydroxylation is 1. The highest BCUT2D eigenvalue weighted by molar-refractivity contribution is 6.03. The average Bonchev–Trinajstić information content (AvgIpc) is 3.17. The summed E-state index contributed by atoms with van der Waals surface area (Å²) in [6.07, 6.45) is -2.73. The van der Waals surface area contributed by atoms with E-state index in [1.54, 1.807) is 0 Å². The summed E-state index contributed by atoms with van der Waals surface area (Å²) in [4.78, 5) is 15.2. The van der Waals surface area contributed by atoms with E-state index in [-0.39, 0.29) is 17.9 Å². The number of ether oxygens (including phenoxy) is 1. The monoisotopic (exact) mass is 667 g/mol. The van der Waals surface area contributed by atoms with Gasteiger partial charge in [0.05, 0.1) is 24.7 Å². The van der Waals surface area contributed by atoms with E-state index < -0.39 is 37.1 Å². The zero-order valence-electron chi connectivity index (χ0n) is 31.2. The Bertz CT molecular complexity index is 1190. The van der Waals surface area contributed by atoms with Crippen molar-refractivity contribution in [2.45, 2.75) is 131 Å². The molecule has 0 aliphatic carbocycles. The van der Waals surface area contributed by atoms with Gasteiger partial charge in [0.2, 0.25) is 5.91 Å². The number of β-lactam (4-membered cyclic amide) rings is 1. The summed E-state index contributed by atoms with van der Waals surface area (Å²) in [5.41, 5.74) is 4.08. The molecule has 7 nitrogen and oxygen atoms in total. The molecule has 7 atom stereocenters. The zero-order valence-corrected chi connectivity index (χ0v) is 31.2. The van der Waals surface area contributed by atoms with Crippen LogP contribution in [-0.2, 0) is 22.4 Å². The molecule has 0 spiro atoms. The molecule has 2 fully saturated rings. The van der Waals surface area contributed by atoms with Gasteiger partial charge < -0.3 is 30.1 Å². The van der Waals surface area contributed by atoms with Crippen LogP contribution in [-0.4, -0.2) is 63.5 Å². The van der Waals surface area contributed by atoms with Crippen LogP contribution in [0.15, 0.2) is 84.9 Å². The Balaban J connectivity index is 0.00000203. The van der Waals surface area contributed by atoms with Crippen molar-refractivity contribution in [2.24, 2.45) is 5.92 Å². The normalized spacial score (nSPS) is 23.8.